The SMILES string of the molecule is Cc1cncc(C(=O)N2CCCC(CCc3noc(-c4cccnc4)n3)C2)c1. The van der Waals surface area contributed by atoms with Crippen molar-refractivity contribution in [3.63, 3.8) is 0 Å². The molecule has 0 saturated carbocycles. The molecule has 3 aromatic rings. The van der Waals surface area contributed by atoms with Crippen molar-refractivity contribution in [1.29, 1.82) is 0 Å². The van der Waals surface area contributed by atoms with Gasteiger partial charge in [0.05, 0.1) is 11.1 Å². The number of pyridine rings is 2. The maximum atomic E-state index is 12.8. The fourth-order valence-electron chi connectivity index (χ4n) is 3.63. The largest absolute Gasteiger partial charge is 0.338 e. The third-order valence-corrected chi connectivity index (χ3v) is 5.08. The summed E-state index contributed by atoms with van der Waals surface area (Å²) in [7, 11) is 0. The normalized spacial score (nSPS) is 16.9. The fourth-order valence-corrected chi connectivity index (χ4v) is 3.63. The number of carbonyl (C=O) groups is 1. The standard InChI is InChI=1S/C21H23N5O2/c1-15-10-18(13-23-11-15)21(27)26-9-3-4-16(14-26)6-7-19-24-20(28-25-19)17-5-2-8-22-12-17/h2,5,8,10-13,16H,3-4,6-7,9,14H2,1H3. The molecule has 0 aliphatic carbocycles. The molecule has 0 spiro atoms. The topological polar surface area (TPSA) is 85.0 Å². The van der Waals surface area contributed by atoms with Crippen molar-refractivity contribution in [3.05, 3.63) is 59.9 Å². The van der Waals surface area contributed by atoms with Gasteiger partial charge in [-0.05, 0) is 55.9 Å². The van der Waals surface area contributed by atoms with Crippen molar-refractivity contribution in [1.82, 2.24) is 25.0 Å². The van der Waals surface area contributed by atoms with Gasteiger partial charge < -0.3 is 9.42 Å². The van der Waals surface area contributed by atoms with Crippen LogP contribution in [0, 0.1) is 12.8 Å². The zero-order valence-corrected chi connectivity index (χ0v) is 15.9. The second-order valence-corrected chi connectivity index (χ2v) is 7.31. The quantitative estimate of drug-likeness (QED) is 0.678. The molecule has 0 aromatic carbocycles. The molecule has 1 unspecified atom stereocenters. The molecule has 0 N–H and O–H groups in total. The van der Waals surface area contributed by atoms with Gasteiger partial charge in [0, 0.05) is 44.3 Å². The van der Waals surface area contributed by atoms with Crippen LogP contribution in [0.15, 0.2) is 47.5 Å². The second kappa shape index (κ2) is 8.29. The number of carbonyl (C=O) groups excluding carboxylic acids is 1. The molecule has 1 amide bonds. The summed E-state index contributed by atoms with van der Waals surface area (Å²) in [4.78, 5) is 27.4. The smallest absolute Gasteiger partial charge is 0.259 e. The highest BCUT2D eigenvalue weighted by molar-refractivity contribution is 5.94. The van der Waals surface area contributed by atoms with Crippen LogP contribution in [-0.2, 0) is 6.42 Å². The summed E-state index contributed by atoms with van der Waals surface area (Å²) in [5.74, 6) is 1.70. The summed E-state index contributed by atoms with van der Waals surface area (Å²) in [6.45, 7) is 3.52. The number of likely N-dealkylation sites (tertiary alicyclic amines) is 1. The Labute approximate surface area is 163 Å². The van der Waals surface area contributed by atoms with Crippen molar-refractivity contribution in [2.24, 2.45) is 5.92 Å². The maximum Gasteiger partial charge on any atom is 0.259 e. The van der Waals surface area contributed by atoms with E-state index in [0.29, 0.717) is 23.2 Å². The van der Waals surface area contributed by atoms with Crippen molar-refractivity contribution in [2.45, 2.75) is 32.6 Å². The fraction of sp³-hybridized carbons (Fsp3) is 0.381. The highest BCUT2D eigenvalue weighted by atomic mass is 16.5. The Morgan fingerprint density at radius 2 is 2.21 bits per heavy atom. The van der Waals surface area contributed by atoms with Crippen molar-refractivity contribution in [3.8, 4) is 11.5 Å². The molecule has 4 heterocycles. The Morgan fingerprint density at radius 3 is 3.04 bits per heavy atom. The molecule has 0 bridgehead atoms. The molecule has 7 nitrogen and oxygen atoms in total. The van der Waals surface area contributed by atoms with Gasteiger partial charge in [0.1, 0.15) is 0 Å². The van der Waals surface area contributed by atoms with Gasteiger partial charge in [0.15, 0.2) is 5.82 Å². The predicted molar refractivity (Wildman–Crippen MR) is 103 cm³/mol. The number of aryl methyl sites for hydroxylation is 2. The molecule has 3 aromatic heterocycles. The lowest BCUT2D eigenvalue weighted by atomic mass is 9.93. The van der Waals surface area contributed by atoms with Crippen LogP contribution in [0.2, 0.25) is 0 Å². The van der Waals surface area contributed by atoms with Gasteiger partial charge in [-0.1, -0.05) is 5.16 Å². The highest BCUT2D eigenvalue weighted by Gasteiger charge is 2.25. The first-order chi connectivity index (χ1) is 13.7. The van der Waals surface area contributed by atoms with Crippen LogP contribution >= 0.6 is 0 Å². The highest BCUT2D eigenvalue weighted by Crippen LogP contribution is 2.23. The van der Waals surface area contributed by atoms with E-state index < -0.39 is 0 Å². The number of hydrogen-bond acceptors (Lipinski definition) is 6. The Hall–Kier alpha value is -3.09. The van der Waals surface area contributed by atoms with Crippen LogP contribution in [0.25, 0.3) is 11.5 Å². The number of nitrogens with zero attached hydrogens (tertiary/aromatic N) is 5. The summed E-state index contributed by atoms with van der Waals surface area (Å²) in [6.07, 6.45) is 10.6. The average Bonchev–Trinajstić information content (AvgIpc) is 3.22. The minimum absolute atomic E-state index is 0.0688. The molecule has 1 fully saturated rings. The van der Waals surface area contributed by atoms with E-state index in [1.165, 1.54) is 0 Å². The number of hydrogen-bond donors (Lipinski definition) is 0. The van der Waals surface area contributed by atoms with E-state index in [1.807, 2.05) is 30.0 Å². The van der Waals surface area contributed by atoms with E-state index in [2.05, 4.69) is 20.1 Å². The van der Waals surface area contributed by atoms with Crippen molar-refractivity contribution < 1.29 is 9.32 Å². The minimum Gasteiger partial charge on any atom is -0.338 e. The minimum atomic E-state index is 0.0688. The van der Waals surface area contributed by atoms with Gasteiger partial charge >= 0.3 is 0 Å². The molecular weight excluding hydrogens is 354 g/mol. The van der Waals surface area contributed by atoms with Crippen LogP contribution in [0.4, 0.5) is 0 Å². The summed E-state index contributed by atoms with van der Waals surface area (Å²) in [5.41, 5.74) is 2.49. The molecule has 4 rings (SSSR count). The Balaban J connectivity index is 1.34. The molecule has 144 valence electrons. The van der Waals surface area contributed by atoms with E-state index in [-0.39, 0.29) is 5.91 Å². The Kier molecular flexibility index (Phi) is 5.41. The molecule has 1 aliphatic heterocycles. The zero-order chi connectivity index (χ0) is 19.3. The number of aromatic nitrogens is 4. The van der Waals surface area contributed by atoms with Gasteiger partial charge in [-0.15, -0.1) is 0 Å². The van der Waals surface area contributed by atoms with E-state index in [1.54, 1.807) is 24.8 Å². The van der Waals surface area contributed by atoms with Crippen LogP contribution in [0.1, 0.15) is 41.0 Å². The van der Waals surface area contributed by atoms with Gasteiger partial charge in [0.2, 0.25) is 0 Å². The molecule has 1 saturated heterocycles. The number of piperidine rings is 1. The first-order valence-electron chi connectivity index (χ1n) is 9.63. The van der Waals surface area contributed by atoms with Crippen LogP contribution < -0.4 is 0 Å². The summed E-state index contributed by atoms with van der Waals surface area (Å²) < 4.78 is 5.35. The van der Waals surface area contributed by atoms with Crippen LogP contribution in [0.3, 0.4) is 0 Å². The monoisotopic (exact) mass is 377 g/mol. The number of amides is 1. The summed E-state index contributed by atoms with van der Waals surface area (Å²) in [6, 6.07) is 5.64. The third-order valence-electron chi connectivity index (χ3n) is 5.08. The molecule has 1 atom stereocenters. The molecule has 1 aliphatic rings. The van der Waals surface area contributed by atoms with Crippen LogP contribution in [0.5, 0.6) is 0 Å². The average molecular weight is 377 g/mol. The van der Waals surface area contributed by atoms with E-state index >= 15 is 0 Å². The third kappa shape index (κ3) is 4.24. The molecule has 7 heteroatoms. The maximum absolute atomic E-state index is 12.8. The van der Waals surface area contributed by atoms with Gasteiger partial charge in [0.25, 0.3) is 11.8 Å². The second-order valence-electron chi connectivity index (χ2n) is 7.31. The van der Waals surface area contributed by atoms with Crippen molar-refractivity contribution >= 4 is 5.91 Å². The van der Waals surface area contributed by atoms with E-state index in [4.69, 9.17) is 4.52 Å². The molecular formula is C21H23N5O2. The summed E-state index contributed by atoms with van der Waals surface area (Å²) >= 11 is 0. The first-order valence-corrected chi connectivity index (χ1v) is 9.63. The summed E-state index contributed by atoms with van der Waals surface area (Å²) in [5, 5.41) is 4.09. The van der Waals surface area contributed by atoms with Gasteiger partial charge in [-0.2, -0.15) is 4.98 Å². The lowest BCUT2D eigenvalue weighted by molar-refractivity contribution is 0.0667. The first kappa shape index (κ1) is 18.3. The Morgan fingerprint density at radius 1 is 1.29 bits per heavy atom. The Bertz CT molecular complexity index is 941. The zero-order valence-electron chi connectivity index (χ0n) is 15.9. The van der Waals surface area contributed by atoms with Crippen molar-refractivity contribution in [2.75, 3.05) is 13.1 Å². The molecule has 0 radical (unpaired) electrons. The lowest BCUT2D eigenvalue weighted by Crippen LogP contribution is -2.40. The van der Waals surface area contributed by atoms with Crippen LogP contribution in [-0.4, -0.2) is 44.0 Å². The number of rotatable bonds is 5. The molecule has 28 heavy (non-hydrogen) atoms. The van der Waals surface area contributed by atoms with Gasteiger partial charge in [-0.3, -0.25) is 14.8 Å². The van der Waals surface area contributed by atoms with Gasteiger partial charge in [-0.25, -0.2) is 0 Å². The van der Waals surface area contributed by atoms with E-state index in [9.17, 15) is 4.79 Å². The predicted octanol–water partition coefficient (Wildman–Crippen LogP) is 3.32. The van der Waals surface area contributed by atoms with E-state index in [0.717, 1.165) is 49.9 Å². The lowest BCUT2D eigenvalue weighted by Gasteiger charge is -2.32.